The maximum absolute atomic E-state index is 11.7. The molecule has 36 heavy (non-hydrogen) atoms. The molecular formula is C14H21N6O13P3-4. The third-order valence-electron chi connectivity index (χ3n) is 4.67. The van der Waals surface area contributed by atoms with Crippen molar-refractivity contribution >= 4 is 46.4 Å². The molecule has 0 aromatic carbocycles. The molecule has 3 rings (SSSR count). The number of nitrogens with zero attached hydrogens (tertiary/aromatic N) is 4. The minimum Gasteiger partial charge on any atom is -0.790 e. The summed E-state index contributed by atoms with van der Waals surface area (Å²) in [6.45, 7) is 1.45. The molecule has 2 aromatic heterocycles. The van der Waals surface area contributed by atoms with Gasteiger partial charge >= 0.3 is 0 Å². The van der Waals surface area contributed by atoms with E-state index in [0.717, 1.165) is 12.8 Å². The predicted octanol–water partition coefficient (Wildman–Crippen LogP) is -2.94. The lowest BCUT2D eigenvalue weighted by Gasteiger charge is -2.37. The molecule has 22 heteroatoms. The number of fused-ring (bicyclic) bond motifs is 1. The van der Waals surface area contributed by atoms with Gasteiger partial charge < -0.3 is 54.7 Å². The summed E-state index contributed by atoms with van der Waals surface area (Å²) in [6, 6.07) is 0. The number of aromatic nitrogens is 4. The first kappa shape index (κ1) is 29.0. The largest absolute Gasteiger partial charge is 0.790 e. The molecular weight excluding hydrogens is 553 g/mol. The minimum atomic E-state index is -6.16. The molecule has 6 unspecified atom stereocenters. The Morgan fingerprint density at radius 3 is 2.47 bits per heavy atom. The van der Waals surface area contributed by atoms with Gasteiger partial charge in [0, 0.05) is 6.54 Å². The van der Waals surface area contributed by atoms with Crippen LogP contribution in [0.1, 0.15) is 26.0 Å². The summed E-state index contributed by atoms with van der Waals surface area (Å²) < 4.78 is 50.8. The highest BCUT2D eigenvalue weighted by molar-refractivity contribution is 7.64. The van der Waals surface area contributed by atoms with Crippen LogP contribution in [0.4, 0.5) is 11.8 Å². The van der Waals surface area contributed by atoms with Gasteiger partial charge in [0.15, 0.2) is 17.7 Å². The van der Waals surface area contributed by atoms with Gasteiger partial charge in [-0.2, -0.15) is 9.97 Å². The Kier molecular flexibility index (Phi) is 8.90. The number of imidazole rings is 1. The number of hydrogen-bond donors (Lipinski definition) is 4. The van der Waals surface area contributed by atoms with E-state index in [1.807, 2.05) is 6.92 Å². The Morgan fingerprint density at radius 1 is 1.14 bits per heavy atom. The number of phosphoric acid groups is 3. The summed E-state index contributed by atoms with van der Waals surface area (Å²) in [4.78, 5) is 56.2. The van der Waals surface area contributed by atoms with Crippen LogP contribution in [0.2, 0.25) is 0 Å². The zero-order chi connectivity index (χ0) is 26.9. The van der Waals surface area contributed by atoms with Gasteiger partial charge in [-0.05, 0) is 6.42 Å². The highest BCUT2D eigenvalue weighted by Gasteiger charge is 2.45. The lowest BCUT2D eigenvalue weighted by Crippen LogP contribution is -2.34. The molecule has 2 aromatic rings. The van der Waals surface area contributed by atoms with Crippen molar-refractivity contribution < 1.29 is 61.4 Å². The van der Waals surface area contributed by atoms with Crippen molar-refractivity contribution in [1.29, 1.82) is 0 Å². The van der Waals surface area contributed by atoms with Gasteiger partial charge in [0.1, 0.15) is 23.8 Å². The first-order valence-electron chi connectivity index (χ1n) is 10.1. The number of nitrogen functional groups attached to an aromatic ring is 1. The number of nitrogens with two attached hydrogens (primary N) is 1. The Bertz CT molecular complexity index is 1220. The van der Waals surface area contributed by atoms with Crippen LogP contribution in [0, 0.1) is 0 Å². The highest BCUT2D eigenvalue weighted by atomic mass is 31.3. The molecule has 5 N–H and O–H groups in total. The molecule has 0 radical (unpaired) electrons. The van der Waals surface area contributed by atoms with Crippen molar-refractivity contribution in [2.24, 2.45) is 0 Å². The lowest BCUT2D eigenvalue weighted by molar-refractivity contribution is -0.339. The number of nitrogens with one attached hydrogen (secondary N) is 1. The molecule has 6 atom stereocenters. The summed E-state index contributed by atoms with van der Waals surface area (Å²) >= 11 is 0. The third kappa shape index (κ3) is 7.26. The summed E-state index contributed by atoms with van der Waals surface area (Å²) in [5, 5.41) is 23.7. The topological polar surface area (TPSA) is 302 Å². The monoisotopic (exact) mass is 574 g/mol. The van der Waals surface area contributed by atoms with E-state index in [4.69, 9.17) is 10.5 Å². The van der Waals surface area contributed by atoms with E-state index in [0.29, 0.717) is 6.54 Å². The second kappa shape index (κ2) is 11.0. The van der Waals surface area contributed by atoms with Crippen LogP contribution in [0.15, 0.2) is 6.33 Å². The van der Waals surface area contributed by atoms with Crippen LogP contribution in [-0.2, 0) is 31.6 Å². The minimum absolute atomic E-state index is 0.0140. The van der Waals surface area contributed by atoms with E-state index in [-0.39, 0.29) is 22.9 Å². The molecule has 1 aliphatic rings. The van der Waals surface area contributed by atoms with Crippen molar-refractivity contribution in [1.82, 2.24) is 19.5 Å². The van der Waals surface area contributed by atoms with E-state index in [1.165, 1.54) is 10.9 Å². The molecule has 1 fully saturated rings. The van der Waals surface area contributed by atoms with Crippen molar-refractivity contribution in [3.63, 3.8) is 0 Å². The number of unbranched alkanes of at least 4 members (excludes halogenated alkanes) is 1. The number of hydrogen-bond acceptors (Lipinski definition) is 18. The number of aliphatic hydroxyl groups is 2. The fourth-order valence-electron chi connectivity index (χ4n) is 3.13. The van der Waals surface area contributed by atoms with Crippen molar-refractivity contribution in [2.45, 2.75) is 44.3 Å². The van der Waals surface area contributed by atoms with Gasteiger partial charge in [-0.15, -0.1) is 0 Å². The van der Waals surface area contributed by atoms with E-state index in [2.05, 4.69) is 33.4 Å². The van der Waals surface area contributed by atoms with Crippen LogP contribution >= 0.6 is 23.5 Å². The molecule has 0 amide bonds. The van der Waals surface area contributed by atoms with E-state index < -0.39 is 54.6 Å². The highest BCUT2D eigenvalue weighted by Crippen LogP contribution is 2.60. The van der Waals surface area contributed by atoms with Gasteiger partial charge in [-0.25, -0.2) is 9.29 Å². The summed E-state index contributed by atoms with van der Waals surface area (Å²) in [7, 11) is -18.1. The van der Waals surface area contributed by atoms with Gasteiger partial charge in [0.05, 0.1) is 20.8 Å². The first-order valence-corrected chi connectivity index (χ1v) is 14.5. The second-order valence-electron chi connectivity index (χ2n) is 7.38. The smallest absolute Gasteiger partial charge is 0.278 e. The summed E-state index contributed by atoms with van der Waals surface area (Å²) in [5.74, 6) is 0.178. The van der Waals surface area contributed by atoms with Crippen molar-refractivity contribution in [3.05, 3.63) is 6.33 Å². The fourth-order valence-corrected chi connectivity index (χ4v) is 5.99. The summed E-state index contributed by atoms with van der Waals surface area (Å²) in [6.07, 6.45) is -3.44. The van der Waals surface area contributed by atoms with E-state index in [1.54, 1.807) is 0 Å². The van der Waals surface area contributed by atoms with Gasteiger partial charge in [-0.3, -0.25) is 18.0 Å². The molecule has 3 heterocycles. The fraction of sp³-hybridized carbons (Fsp3) is 0.643. The molecule has 0 aliphatic carbocycles. The van der Waals surface area contributed by atoms with Crippen molar-refractivity contribution in [3.8, 4) is 0 Å². The molecule has 0 spiro atoms. The van der Waals surface area contributed by atoms with Crippen LogP contribution in [0.3, 0.4) is 0 Å². The number of phosphoric ester groups is 1. The van der Waals surface area contributed by atoms with Gasteiger partial charge in [-0.1, -0.05) is 13.3 Å². The number of aliphatic hydroxyl groups excluding tert-OH is 2. The Balaban J connectivity index is 1.73. The Morgan fingerprint density at radius 2 is 1.83 bits per heavy atom. The standard InChI is InChI=1S/C14H25N6O13P3/c1-2-3-4-16-14-18-11(15)8-12(19-14)20(6-17-8)13-10(22)9(21)7(31-13)5-30-35(26,27)33-36(28,29)32-34(23,24)25/h6-7,9-10,13,21-22H,2-5H2,1H3,(H,26,27)(H,28,29)(H2,23,24,25)(H3,15,16,18,19)/p-4. The van der Waals surface area contributed by atoms with Crippen LogP contribution < -0.4 is 30.6 Å². The molecule has 1 saturated heterocycles. The average molecular weight is 574 g/mol. The second-order valence-corrected chi connectivity index (χ2v) is 11.6. The van der Waals surface area contributed by atoms with Gasteiger partial charge in [0.2, 0.25) is 5.95 Å². The normalized spacial score (nSPS) is 26.1. The summed E-state index contributed by atoms with van der Waals surface area (Å²) in [5.41, 5.74) is 6.18. The van der Waals surface area contributed by atoms with Crippen LogP contribution in [0.25, 0.3) is 11.2 Å². The Labute approximate surface area is 202 Å². The first-order chi connectivity index (χ1) is 16.6. The zero-order valence-corrected chi connectivity index (χ0v) is 21.0. The SMILES string of the molecule is CCCCNc1nc(N)c2ncn(C3OC(COP(=O)([O-])OP(=O)([O-])OP(=O)([O-])[O-])C(O)C3O)c2n1. The maximum atomic E-state index is 11.7. The maximum Gasteiger partial charge on any atom is 0.278 e. The quantitative estimate of drug-likeness (QED) is 0.145. The number of rotatable bonds is 12. The number of anilines is 2. The molecule has 0 bridgehead atoms. The molecule has 19 nitrogen and oxygen atoms in total. The van der Waals surface area contributed by atoms with Crippen LogP contribution in [-0.4, -0.2) is 61.2 Å². The third-order valence-corrected chi connectivity index (χ3v) is 8.34. The van der Waals surface area contributed by atoms with E-state index >= 15 is 0 Å². The Hall–Kier alpha value is -1.56. The van der Waals surface area contributed by atoms with Crippen molar-refractivity contribution in [2.75, 3.05) is 24.2 Å². The van der Waals surface area contributed by atoms with Gasteiger partial charge in [0.25, 0.3) is 15.6 Å². The van der Waals surface area contributed by atoms with Crippen LogP contribution in [0.5, 0.6) is 0 Å². The molecule has 0 saturated carbocycles. The molecule has 204 valence electrons. The predicted molar refractivity (Wildman–Crippen MR) is 110 cm³/mol. The average Bonchev–Trinajstić information content (AvgIpc) is 3.26. The molecule has 1 aliphatic heterocycles. The number of ether oxygens (including phenoxy) is 1. The zero-order valence-electron chi connectivity index (χ0n) is 18.3. The lowest BCUT2D eigenvalue weighted by atomic mass is 10.1. The van der Waals surface area contributed by atoms with E-state index in [9.17, 15) is 43.5 Å².